The molecule has 0 aliphatic carbocycles. The van der Waals surface area contributed by atoms with Gasteiger partial charge in [0, 0.05) is 37.9 Å². The number of ketones is 1. The SMILES string of the molecule is CCCC[C@H](C(=O)N1C(=O)C=C(OC)[C@@H]1Cc1ccccc1)C(C)C(=O)[C@H]1CCCN1C(=O)[C@@H](C(C)C)N(C)C(=O)[C@H](NC(=O)[C@@H](C(C)C)N(C)C)C(C)C. The fourth-order valence-corrected chi connectivity index (χ4v) is 8.38. The van der Waals surface area contributed by atoms with E-state index >= 15 is 0 Å². The van der Waals surface area contributed by atoms with Crippen LogP contribution < -0.4 is 5.32 Å². The molecule has 0 bridgehead atoms. The van der Waals surface area contributed by atoms with Crippen molar-refractivity contribution >= 4 is 35.3 Å². The van der Waals surface area contributed by atoms with Crippen LogP contribution in [0.5, 0.6) is 0 Å². The van der Waals surface area contributed by atoms with Crippen molar-refractivity contribution in [2.24, 2.45) is 29.6 Å². The summed E-state index contributed by atoms with van der Waals surface area (Å²) in [5.74, 6) is -3.77. The predicted octanol–water partition coefficient (Wildman–Crippen LogP) is 4.71. The molecule has 1 fully saturated rings. The Labute approximate surface area is 329 Å². The monoisotopic (exact) mass is 766 g/mol. The van der Waals surface area contributed by atoms with Crippen LogP contribution in [0.4, 0.5) is 0 Å². The van der Waals surface area contributed by atoms with Crippen molar-refractivity contribution < 1.29 is 33.5 Å². The van der Waals surface area contributed by atoms with Gasteiger partial charge in [-0.05, 0) is 56.7 Å². The molecule has 7 atom stereocenters. The van der Waals surface area contributed by atoms with Gasteiger partial charge in [-0.1, -0.05) is 98.6 Å². The Morgan fingerprint density at radius 2 is 1.51 bits per heavy atom. The lowest BCUT2D eigenvalue weighted by Gasteiger charge is -2.38. The van der Waals surface area contributed by atoms with Crippen LogP contribution >= 0.6 is 0 Å². The van der Waals surface area contributed by atoms with E-state index in [1.165, 1.54) is 23.0 Å². The Bertz CT molecular complexity index is 1530. The summed E-state index contributed by atoms with van der Waals surface area (Å²) in [6, 6.07) is 5.98. The predicted molar refractivity (Wildman–Crippen MR) is 213 cm³/mol. The molecule has 0 spiro atoms. The first-order valence-corrected chi connectivity index (χ1v) is 20.1. The fraction of sp³-hybridized carbons (Fsp3) is 0.674. The number of likely N-dealkylation sites (tertiary alicyclic amines) is 1. The summed E-state index contributed by atoms with van der Waals surface area (Å²) in [5, 5.41) is 2.97. The van der Waals surface area contributed by atoms with Crippen molar-refractivity contribution in [1.82, 2.24) is 24.9 Å². The first kappa shape index (κ1) is 45.3. The summed E-state index contributed by atoms with van der Waals surface area (Å²) in [6.07, 6.45) is 4.66. The van der Waals surface area contributed by atoms with E-state index in [1.807, 2.05) is 97.8 Å². The van der Waals surface area contributed by atoms with Gasteiger partial charge < -0.3 is 19.9 Å². The van der Waals surface area contributed by atoms with Gasteiger partial charge in [0.25, 0.3) is 5.91 Å². The van der Waals surface area contributed by atoms with Crippen LogP contribution in [0.25, 0.3) is 0 Å². The highest BCUT2D eigenvalue weighted by Crippen LogP contribution is 2.33. The largest absolute Gasteiger partial charge is 0.499 e. The molecular formula is C43H67N5O7. The summed E-state index contributed by atoms with van der Waals surface area (Å²) < 4.78 is 5.58. The van der Waals surface area contributed by atoms with Crippen LogP contribution in [0.1, 0.15) is 93.1 Å². The maximum absolute atomic E-state index is 14.5. The third kappa shape index (κ3) is 10.6. The number of unbranched alkanes of at least 4 members (excludes halogenated alkanes) is 1. The van der Waals surface area contributed by atoms with E-state index in [2.05, 4.69) is 5.32 Å². The fourth-order valence-electron chi connectivity index (χ4n) is 8.38. The van der Waals surface area contributed by atoms with E-state index in [9.17, 15) is 28.8 Å². The summed E-state index contributed by atoms with van der Waals surface area (Å²) in [4.78, 5) is 90.6. The zero-order chi connectivity index (χ0) is 41.3. The number of ether oxygens (including phenoxy) is 1. The van der Waals surface area contributed by atoms with Crippen LogP contribution in [0.15, 0.2) is 42.2 Å². The molecule has 2 heterocycles. The lowest BCUT2D eigenvalue weighted by Crippen LogP contribution is -2.60. The number of hydrogen-bond donors (Lipinski definition) is 1. The number of carbonyl (C=O) groups is 6. The number of nitrogens with zero attached hydrogens (tertiary/aromatic N) is 4. The molecule has 306 valence electrons. The normalized spacial score (nSPS) is 20.1. The van der Waals surface area contributed by atoms with Gasteiger partial charge in [0.05, 0.1) is 19.2 Å². The summed E-state index contributed by atoms with van der Waals surface area (Å²) >= 11 is 0. The average Bonchev–Trinajstić information content (AvgIpc) is 3.74. The minimum atomic E-state index is -0.888. The second-order valence-electron chi connectivity index (χ2n) is 16.7. The quantitative estimate of drug-likeness (QED) is 0.214. The van der Waals surface area contributed by atoms with E-state index in [4.69, 9.17) is 4.74 Å². The van der Waals surface area contributed by atoms with E-state index in [0.717, 1.165) is 12.0 Å². The Hall–Kier alpha value is -4.06. The van der Waals surface area contributed by atoms with Crippen LogP contribution in [-0.4, -0.2) is 120 Å². The topological polar surface area (TPSA) is 137 Å². The smallest absolute Gasteiger partial charge is 0.257 e. The van der Waals surface area contributed by atoms with Crippen molar-refractivity contribution in [3.8, 4) is 0 Å². The molecule has 1 aromatic carbocycles. The molecule has 0 aromatic heterocycles. The molecule has 2 aliphatic rings. The molecule has 55 heavy (non-hydrogen) atoms. The molecule has 2 aliphatic heterocycles. The Morgan fingerprint density at radius 3 is 2.04 bits per heavy atom. The number of benzene rings is 1. The second-order valence-corrected chi connectivity index (χ2v) is 16.7. The molecule has 3 rings (SSSR count). The minimum absolute atomic E-state index is 0.00980. The number of amides is 5. The average molecular weight is 766 g/mol. The third-order valence-corrected chi connectivity index (χ3v) is 11.3. The number of methoxy groups -OCH3 is 1. The van der Waals surface area contributed by atoms with Gasteiger partial charge in [-0.2, -0.15) is 0 Å². The Balaban J connectivity index is 1.88. The number of hydrogen-bond acceptors (Lipinski definition) is 8. The van der Waals surface area contributed by atoms with E-state index in [-0.39, 0.29) is 41.3 Å². The standard InChI is InChI=1S/C43H67N5O7/c1-13-14-21-31(41(52)48-33(34(55-12)25-35(48)49)24-30-19-16-15-17-20-30)29(8)39(50)32-22-18-23-47(32)43(54)38(28(6)7)46(11)42(53)36(26(2)3)44-40(51)37(27(4)5)45(9)10/h15-17,19-20,25-29,31-33,36-38H,13-14,18,21-24H2,1-12H3,(H,44,51)/t29?,31-,32+,33-,36+,37+,38+/m0/s1. The van der Waals surface area contributed by atoms with Crippen LogP contribution in [-0.2, 0) is 39.9 Å². The van der Waals surface area contributed by atoms with Crippen molar-refractivity contribution in [2.45, 2.75) is 124 Å². The highest BCUT2D eigenvalue weighted by Gasteiger charge is 2.47. The molecule has 1 unspecified atom stereocenters. The molecule has 1 saturated heterocycles. The first-order valence-electron chi connectivity index (χ1n) is 20.1. The Morgan fingerprint density at radius 1 is 0.891 bits per heavy atom. The van der Waals surface area contributed by atoms with Crippen molar-refractivity contribution in [2.75, 3.05) is 34.8 Å². The summed E-state index contributed by atoms with van der Waals surface area (Å²) in [7, 11) is 6.74. The van der Waals surface area contributed by atoms with Gasteiger partial charge in [0.1, 0.15) is 23.9 Å². The summed E-state index contributed by atoms with van der Waals surface area (Å²) in [6.45, 7) is 15.5. The molecule has 0 saturated carbocycles. The van der Waals surface area contributed by atoms with Gasteiger partial charge in [-0.25, -0.2) is 0 Å². The van der Waals surface area contributed by atoms with Gasteiger partial charge in [-0.15, -0.1) is 0 Å². The van der Waals surface area contributed by atoms with Crippen LogP contribution in [0.3, 0.4) is 0 Å². The molecule has 12 heteroatoms. The number of Topliss-reactive ketones (excluding diaryl/α,β-unsaturated/α-hetero) is 1. The Kier molecular flexibility index (Phi) is 16.7. The number of carbonyl (C=O) groups excluding carboxylic acids is 6. The van der Waals surface area contributed by atoms with Crippen LogP contribution in [0.2, 0.25) is 0 Å². The zero-order valence-corrected chi connectivity index (χ0v) is 35.3. The van der Waals surface area contributed by atoms with Gasteiger partial charge in [0.15, 0.2) is 5.78 Å². The molecule has 5 amide bonds. The van der Waals surface area contributed by atoms with E-state index in [0.29, 0.717) is 44.4 Å². The minimum Gasteiger partial charge on any atom is -0.499 e. The van der Waals surface area contributed by atoms with Crippen LogP contribution in [0, 0.1) is 29.6 Å². The lowest BCUT2D eigenvalue weighted by molar-refractivity contribution is -0.153. The van der Waals surface area contributed by atoms with Gasteiger partial charge >= 0.3 is 0 Å². The number of likely N-dealkylation sites (N-methyl/N-ethyl adjacent to an activating group) is 2. The van der Waals surface area contributed by atoms with Crippen molar-refractivity contribution in [1.29, 1.82) is 0 Å². The number of nitrogens with one attached hydrogen (secondary N) is 1. The molecule has 1 aromatic rings. The highest BCUT2D eigenvalue weighted by atomic mass is 16.5. The van der Waals surface area contributed by atoms with Gasteiger partial charge in [-0.3, -0.25) is 38.6 Å². The zero-order valence-electron chi connectivity index (χ0n) is 35.3. The van der Waals surface area contributed by atoms with E-state index in [1.54, 1.807) is 18.9 Å². The molecular weight excluding hydrogens is 699 g/mol. The molecule has 0 radical (unpaired) electrons. The third-order valence-electron chi connectivity index (χ3n) is 11.3. The second kappa shape index (κ2) is 20.2. The number of rotatable bonds is 19. The lowest BCUT2D eigenvalue weighted by atomic mass is 9.82. The highest BCUT2D eigenvalue weighted by molar-refractivity contribution is 6.06. The molecule has 12 nitrogen and oxygen atoms in total. The molecule has 1 N–H and O–H groups in total. The van der Waals surface area contributed by atoms with Crippen molar-refractivity contribution in [3.63, 3.8) is 0 Å². The van der Waals surface area contributed by atoms with Crippen molar-refractivity contribution in [3.05, 3.63) is 47.7 Å². The maximum atomic E-state index is 14.5. The van der Waals surface area contributed by atoms with E-state index < -0.39 is 53.9 Å². The first-order chi connectivity index (χ1) is 25.9. The van der Waals surface area contributed by atoms with Gasteiger partial charge in [0.2, 0.25) is 23.6 Å². The number of imide groups is 1. The maximum Gasteiger partial charge on any atom is 0.257 e. The summed E-state index contributed by atoms with van der Waals surface area (Å²) in [5.41, 5.74) is 0.941.